The molecule has 0 amide bonds. The van der Waals surface area contributed by atoms with E-state index in [0.29, 0.717) is 15.8 Å². The minimum atomic E-state index is -3.80. The van der Waals surface area contributed by atoms with Gasteiger partial charge in [-0.25, -0.2) is 13.1 Å². The quantitative estimate of drug-likeness (QED) is 0.525. The molecular formula is C22H26Cl2N2O5S. The number of sulfonamides is 1. The number of likely N-dealkylation sites (tertiary alicyclic amines) is 1. The molecular weight excluding hydrogens is 475 g/mol. The predicted octanol–water partition coefficient (Wildman–Crippen LogP) is 3.88. The van der Waals surface area contributed by atoms with E-state index < -0.39 is 22.0 Å². The molecule has 1 heterocycles. The number of esters is 1. The number of hydrogen-bond acceptors (Lipinski definition) is 6. The van der Waals surface area contributed by atoms with Crippen molar-refractivity contribution in [1.82, 2.24) is 9.62 Å². The minimum absolute atomic E-state index is 0.0510. The highest BCUT2D eigenvalue weighted by Gasteiger charge is 2.29. The molecule has 1 aliphatic rings. The van der Waals surface area contributed by atoms with E-state index in [1.54, 1.807) is 30.3 Å². The summed E-state index contributed by atoms with van der Waals surface area (Å²) in [6.07, 6.45) is 3.06. The third kappa shape index (κ3) is 6.59. The van der Waals surface area contributed by atoms with Crippen LogP contribution in [0.5, 0.6) is 5.75 Å². The number of halogens is 2. The number of carbonyl (C=O) groups is 1. The summed E-state index contributed by atoms with van der Waals surface area (Å²) in [6, 6.07) is 10.6. The number of piperidine rings is 1. The molecule has 0 aliphatic carbocycles. The van der Waals surface area contributed by atoms with E-state index in [2.05, 4.69) is 4.72 Å². The Balaban J connectivity index is 1.60. The van der Waals surface area contributed by atoms with Gasteiger partial charge in [-0.15, -0.1) is 0 Å². The Hall–Kier alpha value is -1.84. The summed E-state index contributed by atoms with van der Waals surface area (Å²) in [5.41, 5.74) is 0.837. The highest BCUT2D eigenvalue weighted by molar-refractivity contribution is 7.89. The molecule has 0 saturated carbocycles. The third-order valence-corrected chi connectivity index (χ3v) is 7.47. The standard InChI is InChI=1S/C22H26Cl2N2O5S/c1-30-22(27)21(26-11-3-2-4-12-26)14-25-32(28,29)18-8-6-17(7-9-18)31-15-16-5-10-19(23)20(24)13-16/h5-10,13,21,25H,2-4,11-12,14-15H2,1H3/t21-/m0/s1. The average molecular weight is 501 g/mol. The van der Waals surface area contributed by atoms with Gasteiger partial charge in [0.2, 0.25) is 10.0 Å². The summed E-state index contributed by atoms with van der Waals surface area (Å²) in [5, 5.41) is 0.905. The molecule has 0 unspecified atom stereocenters. The van der Waals surface area contributed by atoms with Crippen molar-refractivity contribution in [2.45, 2.75) is 36.8 Å². The van der Waals surface area contributed by atoms with Crippen molar-refractivity contribution in [3.63, 3.8) is 0 Å². The van der Waals surface area contributed by atoms with E-state index in [0.717, 1.165) is 37.9 Å². The van der Waals surface area contributed by atoms with Crippen LogP contribution in [0, 0.1) is 0 Å². The van der Waals surface area contributed by atoms with Crippen molar-refractivity contribution in [3.8, 4) is 5.75 Å². The second-order valence-electron chi connectivity index (χ2n) is 7.50. The van der Waals surface area contributed by atoms with Crippen LogP contribution in [0.2, 0.25) is 10.0 Å². The van der Waals surface area contributed by atoms with Gasteiger partial charge >= 0.3 is 5.97 Å². The number of ether oxygens (including phenoxy) is 2. The second-order valence-corrected chi connectivity index (χ2v) is 10.1. The third-order valence-electron chi connectivity index (χ3n) is 5.29. The Morgan fingerprint density at radius 3 is 2.38 bits per heavy atom. The van der Waals surface area contributed by atoms with Gasteiger partial charge in [-0.3, -0.25) is 9.69 Å². The van der Waals surface area contributed by atoms with Gasteiger partial charge in [0.1, 0.15) is 18.4 Å². The van der Waals surface area contributed by atoms with Crippen molar-refractivity contribution in [1.29, 1.82) is 0 Å². The largest absolute Gasteiger partial charge is 0.489 e. The predicted molar refractivity (Wildman–Crippen MR) is 124 cm³/mol. The Kier molecular flexibility index (Phi) is 8.79. The average Bonchev–Trinajstić information content (AvgIpc) is 2.80. The van der Waals surface area contributed by atoms with Gasteiger partial charge in [-0.1, -0.05) is 35.7 Å². The Labute approximate surface area is 198 Å². The first kappa shape index (κ1) is 24.8. The zero-order valence-electron chi connectivity index (χ0n) is 17.7. The van der Waals surface area contributed by atoms with Crippen LogP contribution in [-0.2, 0) is 26.2 Å². The monoisotopic (exact) mass is 500 g/mol. The van der Waals surface area contributed by atoms with Crippen LogP contribution >= 0.6 is 23.2 Å². The lowest BCUT2D eigenvalue weighted by Gasteiger charge is -2.32. The van der Waals surface area contributed by atoms with Gasteiger partial charge in [0.05, 0.1) is 22.1 Å². The first-order valence-electron chi connectivity index (χ1n) is 10.3. The number of hydrogen-bond donors (Lipinski definition) is 1. The lowest BCUT2D eigenvalue weighted by Crippen LogP contribution is -2.50. The Morgan fingerprint density at radius 1 is 1.06 bits per heavy atom. The molecule has 174 valence electrons. The molecule has 0 radical (unpaired) electrons. The van der Waals surface area contributed by atoms with Crippen molar-refractivity contribution in [2.24, 2.45) is 0 Å². The maximum absolute atomic E-state index is 12.7. The molecule has 0 aromatic heterocycles. The Bertz CT molecular complexity index is 1030. The molecule has 32 heavy (non-hydrogen) atoms. The molecule has 2 aromatic rings. The number of rotatable bonds is 9. The number of nitrogens with one attached hydrogen (secondary N) is 1. The highest BCUT2D eigenvalue weighted by Crippen LogP contribution is 2.24. The van der Waals surface area contributed by atoms with Crippen LogP contribution in [0.15, 0.2) is 47.4 Å². The fourth-order valence-electron chi connectivity index (χ4n) is 3.51. The molecule has 2 aromatic carbocycles. The van der Waals surface area contributed by atoms with E-state index in [9.17, 15) is 13.2 Å². The van der Waals surface area contributed by atoms with Crippen molar-refractivity contribution in [3.05, 3.63) is 58.1 Å². The van der Waals surface area contributed by atoms with Gasteiger partial charge in [-0.2, -0.15) is 0 Å². The smallest absolute Gasteiger partial charge is 0.324 e. The number of carbonyl (C=O) groups excluding carboxylic acids is 1. The van der Waals surface area contributed by atoms with Gasteiger partial charge < -0.3 is 9.47 Å². The highest BCUT2D eigenvalue weighted by atomic mass is 35.5. The molecule has 7 nitrogen and oxygen atoms in total. The summed E-state index contributed by atoms with van der Waals surface area (Å²) in [5.74, 6) is 0.0661. The molecule has 3 rings (SSSR count). The van der Waals surface area contributed by atoms with Crippen LogP contribution in [0.4, 0.5) is 0 Å². The zero-order chi connectivity index (χ0) is 23.1. The van der Waals surface area contributed by atoms with Gasteiger partial charge in [0.25, 0.3) is 0 Å². The summed E-state index contributed by atoms with van der Waals surface area (Å²) >= 11 is 11.9. The molecule has 1 atom stereocenters. The Morgan fingerprint density at radius 2 is 1.75 bits per heavy atom. The normalized spacial score (nSPS) is 15.8. The summed E-state index contributed by atoms with van der Waals surface area (Å²) in [7, 11) is -2.49. The molecule has 10 heteroatoms. The van der Waals surface area contributed by atoms with Gasteiger partial charge in [0.15, 0.2) is 0 Å². The van der Waals surface area contributed by atoms with Crippen LogP contribution in [0.25, 0.3) is 0 Å². The SMILES string of the molecule is COC(=O)[C@H](CNS(=O)(=O)c1ccc(OCc2ccc(Cl)c(Cl)c2)cc1)N1CCCCC1. The summed E-state index contributed by atoms with van der Waals surface area (Å²) in [6.45, 7) is 1.70. The van der Waals surface area contributed by atoms with Crippen LogP contribution in [0.3, 0.4) is 0 Å². The minimum Gasteiger partial charge on any atom is -0.489 e. The van der Waals surface area contributed by atoms with E-state index in [4.69, 9.17) is 32.7 Å². The van der Waals surface area contributed by atoms with Crippen LogP contribution in [-0.4, -0.2) is 52.1 Å². The van der Waals surface area contributed by atoms with Gasteiger partial charge in [0, 0.05) is 6.54 Å². The fraction of sp³-hybridized carbons (Fsp3) is 0.409. The van der Waals surface area contributed by atoms with Crippen molar-refractivity contribution >= 4 is 39.2 Å². The molecule has 1 fully saturated rings. The van der Waals surface area contributed by atoms with Crippen molar-refractivity contribution < 1.29 is 22.7 Å². The molecule has 1 saturated heterocycles. The maximum Gasteiger partial charge on any atom is 0.324 e. The van der Waals surface area contributed by atoms with E-state index in [1.807, 2.05) is 4.90 Å². The van der Waals surface area contributed by atoms with E-state index >= 15 is 0 Å². The van der Waals surface area contributed by atoms with Crippen molar-refractivity contribution in [2.75, 3.05) is 26.7 Å². The number of benzene rings is 2. The fourth-order valence-corrected chi connectivity index (χ4v) is 4.87. The number of methoxy groups -OCH3 is 1. The van der Waals surface area contributed by atoms with E-state index in [1.165, 1.54) is 19.2 Å². The van der Waals surface area contributed by atoms with Crippen LogP contribution in [0.1, 0.15) is 24.8 Å². The zero-order valence-corrected chi connectivity index (χ0v) is 20.0. The second kappa shape index (κ2) is 11.3. The lowest BCUT2D eigenvalue weighted by atomic mass is 10.1. The summed E-state index contributed by atoms with van der Waals surface area (Å²) < 4.78 is 38.6. The number of nitrogens with zero attached hydrogens (tertiary/aromatic N) is 1. The maximum atomic E-state index is 12.7. The van der Waals surface area contributed by atoms with Gasteiger partial charge in [-0.05, 0) is 67.9 Å². The summed E-state index contributed by atoms with van der Waals surface area (Å²) in [4.78, 5) is 14.3. The topological polar surface area (TPSA) is 84.9 Å². The first-order chi connectivity index (χ1) is 15.3. The van der Waals surface area contributed by atoms with E-state index in [-0.39, 0.29) is 18.0 Å². The molecule has 1 N–H and O–H groups in total. The van der Waals surface area contributed by atoms with Crippen LogP contribution < -0.4 is 9.46 Å². The molecule has 0 spiro atoms. The molecule has 0 bridgehead atoms. The molecule has 1 aliphatic heterocycles. The first-order valence-corrected chi connectivity index (χ1v) is 12.5. The lowest BCUT2D eigenvalue weighted by molar-refractivity contribution is -0.147.